The van der Waals surface area contributed by atoms with E-state index in [1.165, 1.54) is 16.9 Å². The van der Waals surface area contributed by atoms with Crippen LogP contribution in [0.5, 0.6) is 5.75 Å². The second kappa shape index (κ2) is 7.57. The number of rotatable bonds is 7. The van der Waals surface area contributed by atoms with E-state index >= 15 is 0 Å². The summed E-state index contributed by atoms with van der Waals surface area (Å²) in [7, 11) is 0. The Morgan fingerprint density at radius 1 is 1.35 bits per heavy atom. The quantitative estimate of drug-likeness (QED) is 0.816. The van der Waals surface area contributed by atoms with Crippen LogP contribution in [0, 0.1) is 6.92 Å². The van der Waals surface area contributed by atoms with Gasteiger partial charge in [0.05, 0.1) is 24.3 Å². The molecule has 1 amide bonds. The van der Waals surface area contributed by atoms with E-state index in [4.69, 9.17) is 9.84 Å². The van der Waals surface area contributed by atoms with E-state index in [0.717, 1.165) is 10.8 Å². The number of hydrogen-bond donors (Lipinski definition) is 2. The van der Waals surface area contributed by atoms with Crippen molar-refractivity contribution >= 4 is 17.2 Å². The van der Waals surface area contributed by atoms with Crippen LogP contribution in [0.3, 0.4) is 0 Å². The minimum absolute atomic E-state index is 0.106. The van der Waals surface area contributed by atoms with Crippen LogP contribution in [0.1, 0.15) is 30.1 Å². The van der Waals surface area contributed by atoms with Crippen LogP contribution < -0.4 is 10.1 Å². The number of amides is 1. The molecule has 0 fully saturated rings. The first-order chi connectivity index (χ1) is 10.9. The molecular formula is C17H22N2O3S. The maximum Gasteiger partial charge on any atom is 0.226 e. The summed E-state index contributed by atoms with van der Waals surface area (Å²) in [5, 5.41) is 14.6. The molecule has 1 heterocycles. The average Bonchev–Trinajstić information content (AvgIpc) is 2.93. The van der Waals surface area contributed by atoms with Gasteiger partial charge in [0.2, 0.25) is 5.91 Å². The molecule has 0 aliphatic rings. The third-order valence-corrected chi connectivity index (χ3v) is 4.07. The number of aliphatic hydroxyl groups excluding tert-OH is 1. The fraction of sp³-hybridized carbons (Fsp3) is 0.412. The Hall–Kier alpha value is -1.92. The third-order valence-electron chi connectivity index (χ3n) is 3.20. The first-order valence-electron chi connectivity index (χ1n) is 7.42. The molecule has 0 aliphatic heterocycles. The van der Waals surface area contributed by atoms with Gasteiger partial charge in [-0.3, -0.25) is 4.79 Å². The van der Waals surface area contributed by atoms with Gasteiger partial charge in [-0.15, -0.1) is 11.3 Å². The molecule has 5 nitrogen and oxygen atoms in total. The molecule has 0 unspecified atom stereocenters. The Morgan fingerprint density at radius 2 is 2.04 bits per heavy atom. The molecular weight excluding hydrogens is 312 g/mol. The van der Waals surface area contributed by atoms with E-state index in [1.807, 2.05) is 36.6 Å². The van der Waals surface area contributed by atoms with Gasteiger partial charge >= 0.3 is 0 Å². The Kier molecular flexibility index (Phi) is 5.74. The molecule has 124 valence electrons. The van der Waals surface area contributed by atoms with E-state index in [-0.39, 0.29) is 18.9 Å². The van der Waals surface area contributed by atoms with Crippen molar-refractivity contribution in [3.63, 3.8) is 0 Å². The van der Waals surface area contributed by atoms with E-state index in [1.54, 1.807) is 13.8 Å². The number of carbonyl (C=O) groups is 1. The maximum atomic E-state index is 11.9. The van der Waals surface area contributed by atoms with Gasteiger partial charge in [-0.2, -0.15) is 0 Å². The van der Waals surface area contributed by atoms with Gasteiger partial charge in [-0.05, 0) is 32.9 Å². The average molecular weight is 334 g/mol. The van der Waals surface area contributed by atoms with Crippen molar-refractivity contribution < 1.29 is 14.6 Å². The van der Waals surface area contributed by atoms with E-state index in [0.29, 0.717) is 12.3 Å². The fourth-order valence-corrected chi connectivity index (χ4v) is 2.61. The number of thiazole rings is 1. The van der Waals surface area contributed by atoms with Crippen molar-refractivity contribution in [3.05, 3.63) is 45.9 Å². The zero-order valence-electron chi connectivity index (χ0n) is 13.6. The van der Waals surface area contributed by atoms with Crippen molar-refractivity contribution in [1.82, 2.24) is 10.3 Å². The number of nitrogens with zero attached hydrogens (tertiary/aromatic N) is 1. The summed E-state index contributed by atoms with van der Waals surface area (Å²) in [6.07, 6.45) is 0.199. The van der Waals surface area contributed by atoms with Gasteiger partial charge in [0.1, 0.15) is 17.4 Å². The van der Waals surface area contributed by atoms with Crippen LogP contribution in [0.4, 0.5) is 0 Å². The van der Waals surface area contributed by atoms with Crippen LogP contribution in [0.15, 0.2) is 29.6 Å². The van der Waals surface area contributed by atoms with Gasteiger partial charge in [0.15, 0.2) is 0 Å². The van der Waals surface area contributed by atoms with Crippen molar-refractivity contribution in [2.24, 2.45) is 0 Å². The van der Waals surface area contributed by atoms with Gasteiger partial charge in [0.25, 0.3) is 0 Å². The van der Waals surface area contributed by atoms with Gasteiger partial charge in [0, 0.05) is 5.38 Å². The second-order valence-electron chi connectivity index (χ2n) is 6.10. The second-order valence-corrected chi connectivity index (χ2v) is 7.04. The minimum Gasteiger partial charge on any atom is -0.486 e. The highest BCUT2D eigenvalue weighted by Gasteiger charge is 2.19. The lowest BCUT2D eigenvalue weighted by Crippen LogP contribution is -2.46. The predicted molar refractivity (Wildman–Crippen MR) is 90.6 cm³/mol. The Balaban J connectivity index is 1.85. The highest BCUT2D eigenvalue weighted by atomic mass is 32.1. The number of aliphatic hydroxyl groups is 1. The lowest BCUT2D eigenvalue weighted by molar-refractivity contribution is -0.122. The molecule has 0 saturated heterocycles. The number of nitrogens with one attached hydrogen (secondary N) is 1. The number of carbonyl (C=O) groups excluding carboxylic acids is 1. The van der Waals surface area contributed by atoms with Crippen LogP contribution in [-0.4, -0.2) is 28.1 Å². The van der Waals surface area contributed by atoms with Gasteiger partial charge in [-0.1, -0.05) is 17.7 Å². The molecule has 0 spiro atoms. The number of benzene rings is 1. The molecule has 2 rings (SSSR count). The lowest BCUT2D eigenvalue weighted by Gasteiger charge is -2.23. The maximum absolute atomic E-state index is 11.9. The third kappa shape index (κ3) is 5.65. The van der Waals surface area contributed by atoms with Crippen molar-refractivity contribution in [2.75, 3.05) is 6.61 Å². The van der Waals surface area contributed by atoms with Crippen molar-refractivity contribution in [3.8, 4) is 5.75 Å². The fourth-order valence-electron chi connectivity index (χ4n) is 1.90. The largest absolute Gasteiger partial charge is 0.486 e. The monoisotopic (exact) mass is 334 g/mol. The Bertz CT molecular complexity index is 650. The lowest BCUT2D eigenvalue weighted by atomic mass is 10.1. The molecule has 0 bridgehead atoms. The summed E-state index contributed by atoms with van der Waals surface area (Å²) >= 11 is 1.47. The molecule has 23 heavy (non-hydrogen) atoms. The SMILES string of the molecule is Cc1ccc(OCc2nc(CC(=O)NC(C)(C)CO)cs2)cc1. The Labute approximate surface area is 140 Å². The topological polar surface area (TPSA) is 71.5 Å². The zero-order chi connectivity index (χ0) is 16.9. The molecule has 0 atom stereocenters. The van der Waals surface area contributed by atoms with E-state index in [9.17, 15) is 4.79 Å². The number of aryl methyl sites for hydroxylation is 1. The zero-order valence-corrected chi connectivity index (χ0v) is 14.4. The van der Waals surface area contributed by atoms with Crippen LogP contribution in [-0.2, 0) is 17.8 Å². The minimum atomic E-state index is -0.621. The molecule has 6 heteroatoms. The molecule has 1 aromatic carbocycles. The van der Waals surface area contributed by atoms with Crippen molar-refractivity contribution in [1.29, 1.82) is 0 Å². The summed E-state index contributed by atoms with van der Waals surface area (Å²) in [6, 6.07) is 7.84. The molecule has 2 N–H and O–H groups in total. The van der Waals surface area contributed by atoms with E-state index < -0.39 is 5.54 Å². The standard InChI is InChI=1S/C17H22N2O3S/c1-12-4-6-14(7-5-12)22-9-16-18-13(10-23-16)8-15(21)19-17(2,3)11-20/h4-7,10,20H,8-9,11H2,1-3H3,(H,19,21). The predicted octanol–water partition coefficient (Wildman–Crippen LogP) is 2.46. The summed E-state index contributed by atoms with van der Waals surface area (Å²) in [4.78, 5) is 16.3. The highest BCUT2D eigenvalue weighted by molar-refractivity contribution is 7.09. The van der Waals surface area contributed by atoms with Crippen molar-refractivity contribution in [2.45, 2.75) is 39.3 Å². The first kappa shape index (κ1) is 17.4. The van der Waals surface area contributed by atoms with Gasteiger partial charge < -0.3 is 15.2 Å². The number of hydrogen-bond acceptors (Lipinski definition) is 5. The van der Waals surface area contributed by atoms with E-state index in [2.05, 4.69) is 10.3 Å². The number of ether oxygens (including phenoxy) is 1. The van der Waals surface area contributed by atoms with Crippen LogP contribution >= 0.6 is 11.3 Å². The summed E-state index contributed by atoms with van der Waals surface area (Å²) in [6.45, 7) is 5.85. The normalized spacial score (nSPS) is 11.3. The molecule has 0 saturated carbocycles. The molecule has 0 radical (unpaired) electrons. The summed E-state index contributed by atoms with van der Waals surface area (Å²) in [5.74, 6) is 0.648. The molecule has 1 aromatic heterocycles. The first-order valence-corrected chi connectivity index (χ1v) is 8.30. The van der Waals surface area contributed by atoms with Crippen LogP contribution in [0.25, 0.3) is 0 Å². The smallest absolute Gasteiger partial charge is 0.226 e. The Morgan fingerprint density at radius 3 is 2.70 bits per heavy atom. The number of aromatic nitrogens is 1. The molecule has 2 aromatic rings. The summed E-state index contributed by atoms with van der Waals surface area (Å²) < 4.78 is 5.68. The van der Waals surface area contributed by atoms with Gasteiger partial charge in [-0.25, -0.2) is 4.98 Å². The summed E-state index contributed by atoms with van der Waals surface area (Å²) in [5.41, 5.74) is 1.28. The van der Waals surface area contributed by atoms with Crippen LogP contribution in [0.2, 0.25) is 0 Å². The molecule has 0 aliphatic carbocycles. The highest BCUT2D eigenvalue weighted by Crippen LogP contribution is 2.16.